The van der Waals surface area contributed by atoms with E-state index in [1.807, 2.05) is 42.5 Å². The second kappa shape index (κ2) is 10.4. The van der Waals surface area contributed by atoms with Gasteiger partial charge in [0.1, 0.15) is 30.5 Å². The summed E-state index contributed by atoms with van der Waals surface area (Å²) in [5.74, 6) is 2.31. The highest BCUT2D eigenvalue weighted by atomic mass is 16.5. The number of carbonyl (C=O) groups is 1. The topological polar surface area (TPSA) is 68.8 Å². The lowest BCUT2D eigenvalue weighted by atomic mass is 9.87. The summed E-state index contributed by atoms with van der Waals surface area (Å²) in [6.45, 7) is 8.11. The predicted molar refractivity (Wildman–Crippen MR) is 111 cm³/mol. The Morgan fingerprint density at radius 3 is 2.00 bits per heavy atom. The molecule has 0 radical (unpaired) electrons. The molecule has 0 saturated heterocycles. The zero-order valence-corrected chi connectivity index (χ0v) is 17.1. The van der Waals surface area contributed by atoms with E-state index in [1.54, 1.807) is 7.11 Å². The van der Waals surface area contributed by atoms with Crippen molar-refractivity contribution in [1.29, 1.82) is 0 Å². The van der Waals surface area contributed by atoms with E-state index in [0.29, 0.717) is 26.3 Å². The van der Waals surface area contributed by atoms with Gasteiger partial charge < -0.3 is 24.8 Å². The molecular weight excluding hydrogens is 356 g/mol. The Hall–Kier alpha value is -2.89. The van der Waals surface area contributed by atoms with E-state index in [9.17, 15) is 4.79 Å². The molecule has 2 N–H and O–H groups in total. The van der Waals surface area contributed by atoms with Crippen LogP contribution in [0.15, 0.2) is 48.5 Å². The van der Waals surface area contributed by atoms with Gasteiger partial charge in [-0.05, 0) is 47.4 Å². The zero-order chi connectivity index (χ0) is 20.4. The van der Waals surface area contributed by atoms with Gasteiger partial charge in [-0.2, -0.15) is 0 Å². The lowest BCUT2D eigenvalue weighted by Gasteiger charge is -2.19. The van der Waals surface area contributed by atoms with Crippen LogP contribution in [-0.4, -0.2) is 39.4 Å². The van der Waals surface area contributed by atoms with E-state index in [4.69, 9.17) is 14.2 Å². The molecule has 0 bridgehead atoms. The lowest BCUT2D eigenvalue weighted by molar-refractivity contribution is 0.232. The van der Waals surface area contributed by atoms with Crippen LogP contribution in [0.2, 0.25) is 0 Å². The number of rotatable bonds is 9. The molecule has 0 aromatic heterocycles. The minimum absolute atomic E-state index is 0.0748. The molecule has 2 rings (SSSR count). The largest absolute Gasteiger partial charge is 0.497 e. The molecule has 6 heteroatoms. The maximum atomic E-state index is 11.8. The third-order valence-corrected chi connectivity index (χ3v) is 4.07. The quantitative estimate of drug-likeness (QED) is 0.644. The molecule has 0 aliphatic carbocycles. The van der Waals surface area contributed by atoms with Gasteiger partial charge in [-0.3, -0.25) is 0 Å². The minimum atomic E-state index is -0.245. The lowest BCUT2D eigenvalue weighted by Crippen LogP contribution is -2.39. The molecule has 152 valence electrons. The van der Waals surface area contributed by atoms with Gasteiger partial charge in [0.15, 0.2) is 0 Å². The fourth-order valence-electron chi connectivity index (χ4n) is 2.45. The molecule has 0 fully saturated rings. The standard InChI is InChI=1S/C22H30N2O4/c1-22(2,3)17-6-5-7-20(16-17)28-15-13-24-21(25)23-12-14-27-19-10-8-18(26-4)9-11-19/h5-11,16H,12-15H2,1-4H3,(H2,23,24,25). The normalized spacial score (nSPS) is 10.9. The van der Waals surface area contributed by atoms with Gasteiger partial charge in [-0.1, -0.05) is 32.9 Å². The Bertz CT molecular complexity index is 739. The maximum absolute atomic E-state index is 11.8. The number of carbonyl (C=O) groups excluding carboxylic acids is 1. The van der Waals surface area contributed by atoms with E-state index in [1.165, 1.54) is 5.56 Å². The summed E-state index contributed by atoms with van der Waals surface area (Å²) in [7, 11) is 1.62. The van der Waals surface area contributed by atoms with Crippen LogP contribution in [0.4, 0.5) is 4.79 Å². The number of hydrogen-bond donors (Lipinski definition) is 2. The van der Waals surface area contributed by atoms with Crippen molar-refractivity contribution >= 4 is 6.03 Å². The molecule has 2 aromatic rings. The van der Waals surface area contributed by atoms with Crippen molar-refractivity contribution in [3.05, 3.63) is 54.1 Å². The molecule has 2 aromatic carbocycles. The van der Waals surface area contributed by atoms with Crippen molar-refractivity contribution in [2.45, 2.75) is 26.2 Å². The van der Waals surface area contributed by atoms with E-state index in [-0.39, 0.29) is 11.4 Å². The Kier molecular flexibility index (Phi) is 7.99. The maximum Gasteiger partial charge on any atom is 0.315 e. The molecule has 0 atom stereocenters. The van der Waals surface area contributed by atoms with Gasteiger partial charge in [0.25, 0.3) is 0 Å². The first-order valence-electron chi connectivity index (χ1n) is 9.40. The molecule has 2 amide bonds. The SMILES string of the molecule is COc1ccc(OCCNC(=O)NCCOc2cccc(C(C)(C)C)c2)cc1. The van der Waals surface area contributed by atoms with Crippen LogP contribution >= 0.6 is 0 Å². The van der Waals surface area contributed by atoms with Crippen molar-refractivity contribution in [3.8, 4) is 17.2 Å². The third kappa shape index (κ3) is 7.39. The fraction of sp³-hybridized carbons (Fsp3) is 0.409. The fourth-order valence-corrected chi connectivity index (χ4v) is 2.45. The van der Waals surface area contributed by atoms with E-state index >= 15 is 0 Å². The molecular formula is C22H30N2O4. The summed E-state index contributed by atoms with van der Waals surface area (Å²) in [6, 6.07) is 15.1. The Labute approximate surface area is 167 Å². The third-order valence-electron chi connectivity index (χ3n) is 4.07. The van der Waals surface area contributed by atoms with Gasteiger partial charge in [0.05, 0.1) is 20.2 Å². The number of urea groups is 1. The Balaban J connectivity index is 1.58. The first-order valence-corrected chi connectivity index (χ1v) is 9.40. The van der Waals surface area contributed by atoms with Gasteiger partial charge in [0.2, 0.25) is 0 Å². The summed E-state index contributed by atoms with van der Waals surface area (Å²) < 4.78 is 16.4. The van der Waals surface area contributed by atoms with Crippen LogP contribution in [0.5, 0.6) is 17.2 Å². The minimum Gasteiger partial charge on any atom is -0.497 e. The van der Waals surface area contributed by atoms with Crippen LogP contribution in [0.1, 0.15) is 26.3 Å². The van der Waals surface area contributed by atoms with Crippen LogP contribution < -0.4 is 24.8 Å². The van der Waals surface area contributed by atoms with Crippen LogP contribution in [0.3, 0.4) is 0 Å². The van der Waals surface area contributed by atoms with Gasteiger partial charge in [0, 0.05) is 0 Å². The van der Waals surface area contributed by atoms with E-state index < -0.39 is 0 Å². The Morgan fingerprint density at radius 1 is 0.857 bits per heavy atom. The second-order valence-corrected chi connectivity index (χ2v) is 7.33. The number of nitrogens with one attached hydrogen (secondary N) is 2. The molecule has 0 saturated carbocycles. The monoisotopic (exact) mass is 386 g/mol. The summed E-state index contributed by atoms with van der Waals surface area (Å²) in [6.07, 6.45) is 0. The van der Waals surface area contributed by atoms with E-state index in [0.717, 1.165) is 17.2 Å². The number of benzene rings is 2. The molecule has 0 spiro atoms. The summed E-state index contributed by atoms with van der Waals surface area (Å²) in [4.78, 5) is 11.8. The van der Waals surface area contributed by atoms with Crippen LogP contribution in [0.25, 0.3) is 0 Å². The van der Waals surface area contributed by atoms with Gasteiger partial charge in [-0.15, -0.1) is 0 Å². The zero-order valence-electron chi connectivity index (χ0n) is 17.1. The summed E-state index contributed by atoms with van der Waals surface area (Å²) >= 11 is 0. The molecule has 0 aliphatic rings. The van der Waals surface area contributed by atoms with Crippen molar-refractivity contribution in [1.82, 2.24) is 10.6 Å². The number of methoxy groups -OCH3 is 1. The van der Waals surface area contributed by atoms with E-state index in [2.05, 4.69) is 37.5 Å². The predicted octanol–water partition coefficient (Wildman–Crippen LogP) is 3.75. The van der Waals surface area contributed by atoms with Crippen LogP contribution in [0, 0.1) is 0 Å². The summed E-state index contributed by atoms with van der Waals surface area (Å²) in [5.41, 5.74) is 1.29. The molecule has 0 aliphatic heterocycles. The molecule has 0 unspecified atom stereocenters. The highest BCUT2D eigenvalue weighted by molar-refractivity contribution is 5.73. The number of ether oxygens (including phenoxy) is 3. The first-order chi connectivity index (χ1) is 13.4. The summed E-state index contributed by atoms with van der Waals surface area (Å²) in [5, 5.41) is 5.51. The van der Waals surface area contributed by atoms with Crippen molar-refractivity contribution in [3.63, 3.8) is 0 Å². The first kappa shape index (κ1) is 21.4. The molecule has 0 heterocycles. The number of amides is 2. The van der Waals surface area contributed by atoms with Crippen molar-refractivity contribution in [2.24, 2.45) is 0 Å². The highest BCUT2D eigenvalue weighted by Crippen LogP contribution is 2.25. The molecule has 28 heavy (non-hydrogen) atoms. The average molecular weight is 386 g/mol. The van der Waals surface area contributed by atoms with Crippen molar-refractivity contribution < 1.29 is 19.0 Å². The number of hydrogen-bond acceptors (Lipinski definition) is 4. The second-order valence-electron chi connectivity index (χ2n) is 7.33. The average Bonchev–Trinajstić information content (AvgIpc) is 2.68. The smallest absolute Gasteiger partial charge is 0.315 e. The van der Waals surface area contributed by atoms with Crippen molar-refractivity contribution in [2.75, 3.05) is 33.4 Å². The van der Waals surface area contributed by atoms with Gasteiger partial charge >= 0.3 is 6.03 Å². The highest BCUT2D eigenvalue weighted by Gasteiger charge is 2.13. The molecule has 6 nitrogen and oxygen atoms in total. The van der Waals surface area contributed by atoms with Gasteiger partial charge in [-0.25, -0.2) is 4.79 Å². The van der Waals surface area contributed by atoms with Crippen LogP contribution in [-0.2, 0) is 5.41 Å². The Morgan fingerprint density at radius 2 is 1.43 bits per heavy atom.